The molecule has 0 spiro atoms. The molecule has 2 aromatic carbocycles. The third kappa shape index (κ3) is 4.34. The van der Waals surface area contributed by atoms with Gasteiger partial charge in [-0.1, -0.05) is 73.4 Å². The fourth-order valence-corrected chi connectivity index (χ4v) is 4.38. The molecule has 0 aliphatic heterocycles. The highest BCUT2D eigenvalue weighted by Gasteiger charge is 2.18. The van der Waals surface area contributed by atoms with Crippen molar-refractivity contribution in [1.82, 2.24) is 19.9 Å². The number of carbonyl (C=O) groups excluding carboxylic acids is 2. The summed E-state index contributed by atoms with van der Waals surface area (Å²) in [5, 5.41) is 0.932. The zero-order valence-electron chi connectivity index (χ0n) is 18.5. The first-order valence-electron chi connectivity index (χ1n) is 10.7. The minimum atomic E-state index is 0.322. The van der Waals surface area contributed by atoms with E-state index in [0.717, 1.165) is 11.1 Å². The Morgan fingerprint density at radius 2 is 1.06 bits per heavy atom. The lowest BCUT2D eigenvalue weighted by atomic mass is 9.98. The Morgan fingerprint density at radius 3 is 1.41 bits per heavy atom. The van der Waals surface area contributed by atoms with Crippen LogP contribution in [0, 0.1) is 0 Å². The lowest BCUT2D eigenvalue weighted by molar-refractivity contribution is 0.111. The van der Waals surface area contributed by atoms with Crippen LogP contribution in [-0.4, -0.2) is 32.5 Å². The highest BCUT2D eigenvalue weighted by Crippen LogP contribution is 2.41. The average Bonchev–Trinajstić information content (AvgIpc) is 2.88. The molecule has 6 nitrogen and oxygen atoms in total. The van der Waals surface area contributed by atoms with E-state index in [1.807, 2.05) is 50.2 Å². The maximum atomic E-state index is 11.2. The number of aryl methyl sites for hydroxylation is 2. The number of aldehydes is 2. The van der Waals surface area contributed by atoms with Gasteiger partial charge in [0.25, 0.3) is 0 Å². The van der Waals surface area contributed by atoms with Crippen molar-refractivity contribution in [3.63, 3.8) is 0 Å². The van der Waals surface area contributed by atoms with Crippen LogP contribution in [-0.2, 0) is 12.8 Å². The monoisotopic (exact) mass is 490 g/mol. The number of aromatic nitrogens is 4. The summed E-state index contributed by atoms with van der Waals surface area (Å²) in [4.78, 5) is 40.1. The molecule has 0 aliphatic carbocycles. The Hall–Kier alpha value is -3.48. The molecular weight excluding hydrogens is 471 g/mol. The molecule has 8 heteroatoms. The summed E-state index contributed by atoms with van der Waals surface area (Å²) in [5.74, 6) is 0. The van der Waals surface area contributed by atoms with Gasteiger partial charge in [0.15, 0.2) is 12.6 Å². The first kappa shape index (κ1) is 23.7. The van der Waals surface area contributed by atoms with Gasteiger partial charge in [0, 0.05) is 22.3 Å². The van der Waals surface area contributed by atoms with Crippen molar-refractivity contribution >= 4 is 35.8 Å². The minimum Gasteiger partial charge on any atom is -0.296 e. The second-order valence-electron chi connectivity index (χ2n) is 7.45. The third-order valence-corrected chi connectivity index (χ3v) is 6.30. The normalized spacial score (nSPS) is 10.8. The summed E-state index contributed by atoms with van der Waals surface area (Å²) in [7, 11) is 0. The van der Waals surface area contributed by atoms with E-state index in [-0.39, 0.29) is 0 Å². The van der Waals surface area contributed by atoms with Crippen molar-refractivity contribution in [2.24, 2.45) is 0 Å². The number of hydrogen-bond acceptors (Lipinski definition) is 6. The van der Waals surface area contributed by atoms with Crippen LogP contribution >= 0.6 is 23.2 Å². The topological polar surface area (TPSA) is 85.7 Å². The molecule has 0 N–H and O–H groups in total. The van der Waals surface area contributed by atoms with Gasteiger partial charge in [0.2, 0.25) is 0 Å². The van der Waals surface area contributed by atoms with E-state index in [1.54, 1.807) is 12.4 Å². The number of nitrogens with zero attached hydrogens (tertiary/aromatic N) is 4. The molecule has 4 aromatic rings. The Bertz CT molecular complexity index is 1300. The molecule has 0 amide bonds. The Balaban J connectivity index is 1.83. The number of halogens is 2. The van der Waals surface area contributed by atoms with Crippen molar-refractivity contribution in [3.05, 3.63) is 81.6 Å². The third-order valence-electron chi connectivity index (χ3n) is 5.49. The van der Waals surface area contributed by atoms with Gasteiger partial charge < -0.3 is 0 Å². The van der Waals surface area contributed by atoms with Gasteiger partial charge in [-0.25, -0.2) is 19.9 Å². The summed E-state index contributed by atoms with van der Waals surface area (Å²) in [6, 6.07) is 11.2. The van der Waals surface area contributed by atoms with Crippen LogP contribution in [0.5, 0.6) is 0 Å². The maximum Gasteiger partial charge on any atom is 0.170 e. The number of carbonyl (C=O) groups is 2. The van der Waals surface area contributed by atoms with Crippen LogP contribution < -0.4 is 0 Å². The molecule has 0 fully saturated rings. The van der Waals surface area contributed by atoms with Crippen LogP contribution in [0.1, 0.15) is 46.2 Å². The molecule has 0 saturated heterocycles. The zero-order valence-corrected chi connectivity index (χ0v) is 20.1. The van der Waals surface area contributed by atoms with Gasteiger partial charge in [-0.3, -0.25) is 9.59 Å². The van der Waals surface area contributed by atoms with Crippen molar-refractivity contribution in [1.29, 1.82) is 0 Å². The number of benzene rings is 2. The highest BCUT2D eigenvalue weighted by molar-refractivity contribution is 6.39. The summed E-state index contributed by atoms with van der Waals surface area (Å²) in [5.41, 5.74) is 5.82. The average molecular weight is 491 g/mol. The number of rotatable bonds is 7. The fraction of sp³-hybridized carbons (Fsp3) is 0.154. The van der Waals surface area contributed by atoms with Crippen LogP contribution in [0.2, 0.25) is 10.0 Å². The quantitative estimate of drug-likeness (QED) is 0.281. The van der Waals surface area contributed by atoms with E-state index >= 15 is 0 Å². The minimum absolute atomic E-state index is 0.322. The lowest BCUT2D eigenvalue weighted by Crippen LogP contribution is -2.01. The molecule has 170 valence electrons. The molecule has 0 radical (unpaired) electrons. The molecule has 4 rings (SSSR count). The van der Waals surface area contributed by atoms with Crippen LogP contribution in [0.4, 0.5) is 0 Å². The fourth-order valence-electron chi connectivity index (χ4n) is 3.73. The van der Waals surface area contributed by atoms with E-state index < -0.39 is 0 Å². The SMILES string of the molecule is CCc1nc(-c2cccc(-c3cccc(-c4cnc(C=O)c(CC)n4)c3Cl)c2Cl)cnc1C=O. The van der Waals surface area contributed by atoms with Crippen molar-refractivity contribution in [2.75, 3.05) is 0 Å². The first-order chi connectivity index (χ1) is 16.5. The summed E-state index contributed by atoms with van der Waals surface area (Å²) in [6.07, 6.45) is 5.64. The van der Waals surface area contributed by atoms with Gasteiger partial charge in [0.1, 0.15) is 11.4 Å². The first-order valence-corrected chi connectivity index (χ1v) is 11.5. The molecule has 2 aromatic heterocycles. The van der Waals surface area contributed by atoms with Gasteiger partial charge in [-0.2, -0.15) is 0 Å². The molecule has 0 unspecified atom stereocenters. The molecule has 0 aliphatic rings. The van der Waals surface area contributed by atoms with Gasteiger partial charge >= 0.3 is 0 Å². The molecule has 2 heterocycles. The lowest BCUT2D eigenvalue weighted by Gasteiger charge is -2.14. The standard InChI is InChI=1S/C26H20Cl2N4O2/c1-3-19-23(13-33)29-11-21(31-19)17-9-5-7-15(25(17)27)16-8-6-10-18(26(16)28)22-12-30-24(14-34)20(4-2)32-22/h5-14H,3-4H2,1-2H3. The largest absolute Gasteiger partial charge is 0.296 e. The summed E-state index contributed by atoms with van der Waals surface area (Å²) < 4.78 is 0. The van der Waals surface area contributed by atoms with E-state index in [2.05, 4.69) is 19.9 Å². The van der Waals surface area contributed by atoms with Crippen LogP contribution in [0.25, 0.3) is 33.6 Å². The number of hydrogen-bond donors (Lipinski definition) is 0. The second-order valence-corrected chi connectivity index (χ2v) is 8.21. The van der Waals surface area contributed by atoms with Gasteiger partial charge in [0.05, 0.1) is 45.2 Å². The predicted molar refractivity (Wildman–Crippen MR) is 133 cm³/mol. The smallest absolute Gasteiger partial charge is 0.170 e. The molecular formula is C26H20Cl2N4O2. The van der Waals surface area contributed by atoms with E-state index in [4.69, 9.17) is 23.2 Å². The van der Waals surface area contributed by atoms with Crippen molar-refractivity contribution < 1.29 is 9.59 Å². The molecule has 34 heavy (non-hydrogen) atoms. The van der Waals surface area contributed by atoms with Gasteiger partial charge in [-0.15, -0.1) is 0 Å². The van der Waals surface area contributed by atoms with E-state index in [9.17, 15) is 9.59 Å². The highest BCUT2D eigenvalue weighted by atomic mass is 35.5. The molecule has 0 saturated carbocycles. The van der Waals surface area contributed by atoms with Crippen LogP contribution in [0.3, 0.4) is 0 Å². The predicted octanol–water partition coefficient (Wildman–Crippen LogP) is 6.32. The zero-order chi connectivity index (χ0) is 24.2. The van der Waals surface area contributed by atoms with Crippen LogP contribution in [0.15, 0.2) is 48.8 Å². The van der Waals surface area contributed by atoms with Crippen molar-refractivity contribution in [3.8, 4) is 33.6 Å². The second kappa shape index (κ2) is 10.2. The Labute approximate surface area is 207 Å². The van der Waals surface area contributed by atoms with E-state index in [1.165, 1.54) is 0 Å². The van der Waals surface area contributed by atoms with Gasteiger partial charge in [-0.05, 0) is 12.8 Å². The van der Waals surface area contributed by atoms with E-state index in [0.29, 0.717) is 80.7 Å². The summed E-state index contributed by atoms with van der Waals surface area (Å²) >= 11 is 13.7. The molecule has 0 atom stereocenters. The Kier molecular flexibility index (Phi) is 7.10. The molecule has 0 bridgehead atoms. The summed E-state index contributed by atoms with van der Waals surface area (Å²) in [6.45, 7) is 3.83. The maximum absolute atomic E-state index is 11.2. The van der Waals surface area contributed by atoms with Crippen molar-refractivity contribution in [2.45, 2.75) is 26.7 Å². The Morgan fingerprint density at radius 1 is 0.676 bits per heavy atom.